The molecule has 1 aromatic heterocycles. The summed E-state index contributed by atoms with van der Waals surface area (Å²) in [6.45, 7) is 0. The molecule has 3 rings (SSSR count). The maximum Gasteiger partial charge on any atom is 0.148 e. The van der Waals surface area contributed by atoms with Crippen molar-refractivity contribution in [2.75, 3.05) is 5.43 Å². The molecule has 3 aromatic rings. The summed E-state index contributed by atoms with van der Waals surface area (Å²) in [6.07, 6.45) is 1.72. The van der Waals surface area contributed by atoms with Gasteiger partial charge in [-0.25, -0.2) is 10.4 Å². The van der Waals surface area contributed by atoms with Crippen LogP contribution in [0, 0.1) is 4.91 Å². The Bertz CT molecular complexity index is 749. The number of pyridine rings is 1. The van der Waals surface area contributed by atoms with E-state index < -0.39 is 0 Å². The van der Waals surface area contributed by atoms with Crippen LogP contribution in [0.15, 0.2) is 75.9 Å². The first-order chi connectivity index (χ1) is 9.85. The third-order valence-corrected chi connectivity index (χ3v) is 3.82. The molecule has 1 radical (unpaired) electrons. The summed E-state index contributed by atoms with van der Waals surface area (Å²) >= 11 is 1.63. The van der Waals surface area contributed by atoms with Crippen molar-refractivity contribution in [2.45, 2.75) is 9.79 Å². The smallest absolute Gasteiger partial charge is 0.148 e. The SMILES string of the molecule is O=NNc1ccc(Sc2ccc3ccccc3c2)cn1.[Na]. The molecule has 1 heterocycles. The Labute approximate surface area is 148 Å². The van der Waals surface area contributed by atoms with Crippen molar-refractivity contribution < 1.29 is 0 Å². The van der Waals surface area contributed by atoms with Crippen molar-refractivity contribution in [3.63, 3.8) is 0 Å². The Balaban J connectivity index is 0.00000161. The van der Waals surface area contributed by atoms with Crippen molar-refractivity contribution in [2.24, 2.45) is 5.29 Å². The van der Waals surface area contributed by atoms with Crippen LogP contribution < -0.4 is 5.43 Å². The van der Waals surface area contributed by atoms with Crippen LogP contribution in [0.25, 0.3) is 10.8 Å². The maximum absolute atomic E-state index is 10.1. The van der Waals surface area contributed by atoms with E-state index in [9.17, 15) is 4.91 Å². The van der Waals surface area contributed by atoms with Gasteiger partial charge in [0.15, 0.2) is 0 Å². The molecular formula is C15H11N3NaOS. The minimum atomic E-state index is 0. The van der Waals surface area contributed by atoms with Gasteiger partial charge in [-0.05, 0) is 35.0 Å². The van der Waals surface area contributed by atoms with Crippen LogP contribution in [0.3, 0.4) is 0 Å². The van der Waals surface area contributed by atoms with E-state index in [1.54, 1.807) is 24.0 Å². The summed E-state index contributed by atoms with van der Waals surface area (Å²) in [5, 5.41) is 5.03. The van der Waals surface area contributed by atoms with Gasteiger partial charge in [-0.1, -0.05) is 42.1 Å². The van der Waals surface area contributed by atoms with Crippen LogP contribution in [-0.2, 0) is 0 Å². The Morgan fingerprint density at radius 2 is 1.71 bits per heavy atom. The number of nitrogens with one attached hydrogen (secondary N) is 1. The number of hydrogen-bond acceptors (Lipinski definition) is 4. The Morgan fingerprint density at radius 1 is 0.952 bits per heavy atom. The van der Waals surface area contributed by atoms with Crippen LogP contribution >= 0.6 is 11.8 Å². The first-order valence-electron chi connectivity index (χ1n) is 6.06. The third-order valence-electron chi connectivity index (χ3n) is 2.85. The predicted octanol–water partition coefficient (Wildman–Crippen LogP) is 4.10. The molecule has 0 bridgehead atoms. The fraction of sp³-hybridized carbons (Fsp3) is 0. The van der Waals surface area contributed by atoms with Gasteiger partial charge in [-0.3, -0.25) is 0 Å². The average molecular weight is 304 g/mol. The van der Waals surface area contributed by atoms with E-state index in [4.69, 9.17) is 0 Å². The van der Waals surface area contributed by atoms with Crippen LogP contribution in [0.4, 0.5) is 5.82 Å². The van der Waals surface area contributed by atoms with E-state index in [-0.39, 0.29) is 29.6 Å². The molecule has 0 aliphatic heterocycles. The Kier molecular flexibility index (Phi) is 5.76. The van der Waals surface area contributed by atoms with Crippen molar-refractivity contribution >= 4 is 57.9 Å². The van der Waals surface area contributed by atoms with Crippen LogP contribution in [0.1, 0.15) is 0 Å². The van der Waals surface area contributed by atoms with E-state index >= 15 is 0 Å². The number of anilines is 1. The summed E-state index contributed by atoms with van der Waals surface area (Å²) in [7, 11) is 0. The quantitative estimate of drug-likeness (QED) is 0.448. The molecule has 0 saturated heterocycles. The third kappa shape index (κ3) is 4.04. The van der Waals surface area contributed by atoms with Gasteiger partial charge in [0.25, 0.3) is 0 Å². The summed E-state index contributed by atoms with van der Waals surface area (Å²) in [5.74, 6) is 0.447. The van der Waals surface area contributed by atoms with E-state index in [0.29, 0.717) is 5.82 Å². The van der Waals surface area contributed by atoms with Gasteiger partial charge < -0.3 is 0 Å². The van der Waals surface area contributed by atoms with Crippen LogP contribution in [0.2, 0.25) is 0 Å². The zero-order valence-corrected chi connectivity index (χ0v) is 14.3. The molecule has 21 heavy (non-hydrogen) atoms. The minimum Gasteiger partial charge on any atom is -0.236 e. The normalized spacial score (nSPS) is 9.90. The first kappa shape index (κ1) is 16.0. The van der Waals surface area contributed by atoms with Gasteiger partial charge in [0.2, 0.25) is 0 Å². The number of benzene rings is 2. The summed E-state index contributed by atoms with van der Waals surface area (Å²) < 4.78 is 0. The molecule has 0 aliphatic carbocycles. The van der Waals surface area contributed by atoms with E-state index in [1.165, 1.54) is 10.8 Å². The molecule has 0 atom stereocenters. The molecule has 99 valence electrons. The zero-order valence-electron chi connectivity index (χ0n) is 11.5. The second kappa shape index (κ2) is 7.56. The number of rotatable bonds is 4. The molecule has 1 N–H and O–H groups in total. The van der Waals surface area contributed by atoms with Crippen LogP contribution in [-0.4, -0.2) is 34.5 Å². The van der Waals surface area contributed by atoms with Crippen LogP contribution in [0.5, 0.6) is 0 Å². The van der Waals surface area contributed by atoms with Crippen molar-refractivity contribution in [1.29, 1.82) is 0 Å². The molecule has 0 fully saturated rings. The number of fused-ring (bicyclic) bond motifs is 1. The molecular weight excluding hydrogens is 293 g/mol. The molecule has 0 aliphatic rings. The van der Waals surface area contributed by atoms with Gasteiger partial charge in [0, 0.05) is 45.5 Å². The number of hydrogen-bond donors (Lipinski definition) is 1. The number of nitroso groups, excluding NO2 is 1. The maximum atomic E-state index is 10.1. The largest absolute Gasteiger partial charge is 0.236 e. The van der Waals surface area contributed by atoms with Gasteiger partial charge in [-0.2, -0.15) is 0 Å². The molecule has 0 saturated carbocycles. The molecule has 0 amide bonds. The Morgan fingerprint density at radius 3 is 2.43 bits per heavy atom. The van der Waals surface area contributed by atoms with E-state index in [2.05, 4.69) is 46.0 Å². The minimum absolute atomic E-state index is 0. The monoisotopic (exact) mass is 304 g/mol. The fourth-order valence-electron chi connectivity index (χ4n) is 1.92. The van der Waals surface area contributed by atoms with Gasteiger partial charge >= 0.3 is 0 Å². The molecule has 2 aromatic carbocycles. The van der Waals surface area contributed by atoms with Crippen molar-refractivity contribution in [3.05, 3.63) is 65.7 Å². The van der Waals surface area contributed by atoms with Gasteiger partial charge in [0.05, 0.1) is 5.29 Å². The fourth-order valence-corrected chi connectivity index (χ4v) is 2.76. The number of aromatic nitrogens is 1. The summed E-state index contributed by atoms with van der Waals surface area (Å²) in [5.41, 5.74) is 2.27. The second-order valence-corrected chi connectivity index (χ2v) is 5.34. The van der Waals surface area contributed by atoms with Crippen molar-refractivity contribution in [1.82, 2.24) is 4.98 Å². The number of nitrogens with zero attached hydrogens (tertiary/aromatic N) is 2. The summed E-state index contributed by atoms with van der Waals surface area (Å²) in [4.78, 5) is 16.3. The molecule has 0 spiro atoms. The average Bonchev–Trinajstić information content (AvgIpc) is 2.49. The second-order valence-electron chi connectivity index (χ2n) is 4.19. The van der Waals surface area contributed by atoms with Gasteiger partial charge in [-0.15, -0.1) is 4.91 Å². The summed E-state index contributed by atoms with van der Waals surface area (Å²) in [6, 6.07) is 18.2. The van der Waals surface area contributed by atoms with Gasteiger partial charge in [0.1, 0.15) is 5.82 Å². The standard InChI is InChI=1S/C15H11N3OS.Na/c19-18-17-15-8-7-14(10-16-15)20-13-6-5-11-3-1-2-4-12(11)9-13;/h1-10H,(H,16,17,19);. The Hall–Kier alpha value is -1.40. The molecule has 0 unspecified atom stereocenters. The first-order valence-corrected chi connectivity index (χ1v) is 6.88. The molecule has 4 nitrogen and oxygen atoms in total. The van der Waals surface area contributed by atoms with E-state index in [0.717, 1.165) is 9.79 Å². The van der Waals surface area contributed by atoms with E-state index in [1.807, 2.05) is 18.2 Å². The predicted molar refractivity (Wildman–Crippen MR) is 87.5 cm³/mol. The zero-order chi connectivity index (χ0) is 13.8. The topological polar surface area (TPSA) is 54.4 Å². The van der Waals surface area contributed by atoms with Crippen molar-refractivity contribution in [3.8, 4) is 0 Å². The molecule has 6 heteroatoms.